The quantitative estimate of drug-likeness (QED) is 0.727. The molecule has 5 heteroatoms. The van der Waals surface area contributed by atoms with Crippen LogP contribution in [0.3, 0.4) is 0 Å². The molecule has 2 N–H and O–H groups in total. The third-order valence-electron chi connectivity index (χ3n) is 3.37. The minimum absolute atomic E-state index is 0. The fourth-order valence-electron chi connectivity index (χ4n) is 2.10. The molecule has 112 valence electrons. The van der Waals surface area contributed by atoms with Gasteiger partial charge in [0.05, 0.1) is 9.41 Å². The van der Waals surface area contributed by atoms with Gasteiger partial charge in [0, 0.05) is 25.1 Å². The molecule has 20 heavy (non-hydrogen) atoms. The van der Waals surface area contributed by atoms with Crippen LogP contribution in [0.25, 0.3) is 0 Å². The molecule has 0 aliphatic carbocycles. The van der Waals surface area contributed by atoms with E-state index in [-0.39, 0.29) is 17.8 Å². The number of hydrogen-bond acceptors (Lipinski definition) is 3. The van der Waals surface area contributed by atoms with Gasteiger partial charge in [0.1, 0.15) is 5.75 Å². The number of aliphatic imine (C=N–C) groups is 1. The standard InChI is InChI=1S/C15H21IN2O.ClH/c1-15(2,3)11-7-10(14(19)12(16)8-11)9-18-13-5-4-6-17-13;/h7-8,19H,4-6,9H2,1-3H3,(H,17,18);1H. The molecule has 2 rings (SSSR count). The second-order valence-electron chi connectivity index (χ2n) is 6.00. The molecule has 0 radical (unpaired) electrons. The van der Waals surface area contributed by atoms with E-state index in [4.69, 9.17) is 0 Å². The van der Waals surface area contributed by atoms with E-state index >= 15 is 0 Å². The van der Waals surface area contributed by atoms with Crippen LogP contribution in [0.1, 0.15) is 44.7 Å². The zero-order chi connectivity index (χ0) is 14.0. The van der Waals surface area contributed by atoms with Crippen molar-refractivity contribution >= 4 is 40.8 Å². The number of phenols is 1. The maximum atomic E-state index is 10.2. The highest BCUT2D eigenvalue weighted by Gasteiger charge is 2.18. The molecule has 1 aromatic carbocycles. The average Bonchev–Trinajstić information content (AvgIpc) is 2.82. The van der Waals surface area contributed by atoms with Crippen LogP contribution in [0, 0.1) is 3.57 Å². The minimum Gasteiger partial charge on any atom is -0.506 e. The van der Waals surface area contributed by atoms with Crippen LogP contribution >= 0.6 is 35.0 Å². The van der Waals surface area contributed by atoms with Crippen molar-refractivity contribution in [3.05, 3.63) is 26.8 Å². The van der Waals surface area contributed by atoms with Crippen molar-refractivity contribution in [2.45, 2.75) is 45.6 Å². The molecule has 0 atom stereocenters. The fourth-order valence-corrected chi connectivity index (χ4v) is 2.79. The monoisotopic (exact) mass is 408 g/mol. The van der Waals surface area contributed by atoms with Crippen molar-refractivity contribution in [1.29, 1.82) is 0 Å². The van der Waals surface area contributed by atoms with E-state index in [1.807, 2.05) is 0 Å². The van der Waals surface area contributed by atoms with Crippen LogP contribution in [0.2, 0.25) is 0 Å². The summed E-state index contributed by atoms with van der Waals surface area (Å²) < 4.78 is 0.912. The van der Waals surface area contributed by atoms with Gasteiger partial charge in [-0.2, -0.15) is 0 Å². The Kier molecular flexibility index (Phi) is 6.13. The van der Waals surface area contributed by atoms with Gasteiger partial charge < -0.3 is 10.4 Å². The van der Waals surface area contributed by atoms with E-state index in [0.29, 0.717) is 12.3 Å². The lowest BCUT2D eigenvalue weighted by atomic mass is 9.86. The largest absolute Gasteiger partial charge is 0.506 e. The second kappa shape index (κ2) is 6.98. The molecular weight excluding hydrogens is 387 g/mol. The SMILES string of the molecule is CC(C)(C)c1cc(I)c(O)c(CNC2=NCCC2)c1.Cl. The van der Waals surface area contributed by atoms with Gasteiger partial charge in [-0.25, -0.2) is 0 Å². The highest BCUT2D eigenvalue weighted by molar-refractivity contribution is 14.1. The topological polar surface area (TPSA) is 44.6 Å². The fraction of sp³-hybridized carbons (Fsp3) is 0.533. The Morgan fingerprint density at radius 1 is 1.35 bits per heavy atom. The molecule has 1 aromatic rings. The zero-order valence-electron chi connectivity index (χ0n) is 12.2. The van der Waals surface area contributed by atoms with E-state index < -0.39 is 0 Å². The van der Waals surface area contributed by atoms with Gasteiger partial charge in [0.25, 0.3) is 0 Å². The smallest absolute Gasteiger partial charge is 0.133 e. The molecule has 1 heterocycles. The Labute approximate surface area is 140 Å². The number of aromatic hydroxyl groups is 1. The van der Waals surface area contributed by atoms with Gasteiger partial charge in [0.2, 0.25) is 0 Å². The van der Waals surface area contributed by atoms with Crippen LogP contribution in [0.4, 0.5) is 0 Å². The number of hydrogen-bond donors (Lipinski definition) is 2. The van der Waals surface area contributed by atoms with Crippen molar-refractivity contribution < 1.29 is 5.11 Å². The first-order valence-corrected chi connectivity index (χ1v) is 7.75. The lowest BCUT2D eigenvalue weighted by Gasteiger charge is -2.21. The average molecular weight is 409 g/mol. The highest BCUT2D eigenvalue weighted by Crippen LogP contribution is 2.31. The van der Waals surface area contributed by atoms with Gasteiger partial charge >= 0.3 is 0 Å². The summed E-state index contributed by atoms with van der Waals surface area (Å²) in [5.41, 5.74) is 2.29. The predicted octanol–water partition coefficient (Wildman–Crippen LogP) is 4.00. The summed E-state index contributed by atoms with van der Waals surface area (Å²) in [6, 6.07) is 4.16. The summed E-state index contributed by atoms with van der Waals surface area (Å²) >= 11 is 2.20. The number of halogens is 2. The van der Waals surface area contributed by atoms with E-state index in [1.165, 1.54) is 5.56 Å². The van der Waals surface area contributed by atoms with E-state index in [9.17, 15) is 5.11 Å². The number of phenolic OH excluding ortho intramolecular Hbond substituents is 1. The summed E-state index contributed by atoms with van der Waals surface area (Å²) in [4.78, 5) is 4.40. The van der Waals surface area contributed by atoms with Crippen molar-refractivity contribution in [1.82, 2.24) is 5.32 Å². The number of benzene rings is 1. The van der Waals surface area contributed by atoms with Crippen LogP contribution in [-0.4, -0.2) is 17.5 Å². The van der Waals surface area contributed by atoms with Crippen LogP contribution in [0.5, 0.6) is 5.75 Å². The van der Waals surface area contributed by atoms with Gasteiger partial charge in [0.15, 0.2) is 0 Å². The zero-order valence-corrected chi connectivity index (χ0v) is 15.1. The van der Waals surface area contributed by atoms with Gasteiger partial charge in [-0.05, 0) is 52.1 Å². The highest BCUT2D eigenvalue weighted by atomic mass is 127. The molecule has 0 amide bonds. The van der Waals surface area contributed by atoms with Crippen molar-refractivity contribution in [2.24, 2.45) is 4.99 Å². The predicted molar refractivity (Wildman–Crippen MR) is 95.1 cm³/mol. The van der Waals surface area contributed by atoms with Crippen molar-refractivity contribution in [3.63, 3.8) is 0 Å². The Balaban J connectivity index is 0.00000200. The number of nitrogens with one attached hydrogen (secondary N) is 1. The third-order valence-corrected chi connectivity index (χ3v) is 4.19. The maximum Gasteiger partial charge on any atom is 0.133 e. The first kappa shape index (κ1) is 17.6. The summed E-state index contributed by atoms with van der Waals surface area (Å²) in [5, 5.41) is 13.5. The Hall–Kier alpha value is -0.490. The number of rotatable bonds is 2. The normalized spacial score (nSPS) is 14.7. The molecule has 0 unspecified atom stereocenters. The molecule has 0 aromatic heterocycles. The third kappa shape index (κ3) is 4.25. The van der Waals surface area contributed by atoms with E-state index in [1.54, 1.807) is 0 Å². The summed E-state index contributed by atoms with van der Waals surface area (Å²) in [6.45, 7) is 8.13. The summed E-state index contributed by atoms with van der Waals surface area (Å²) in [5.74, 6) is 1.45. The number of amidine groups is 1. The molecule has 0 saturated carbocycles. The van der Waals surface area contributed by atoms with Crippen molar-refractivity contribution in [3.8, 4) is 5.75 Å². The first-order chi connectivity index (χ1) is 8.88. The minimum atomic E-state index is 0. The Bertz CT molecular complexity index is 509. The van der Waals surface area contributed by atoms with Crippen LogP contribution in [-0.2, 0) is 12.0 Å². The van der Waals surface area contributed by atoms with Gasteiger partial charge in [-0.1, -0.05) is 20.8 Å². The molecule has 0 bridgehead atoms. The Morgan fingerprint density at radius 2 is 2.05 bits per heavy atom. The summed E-state index contributed by atoms with van der Waals surface area (Å²) in [7, 11) is 0. The Morgan fingerprint density at radius 3 is 2.60 bits per heavy atom. The molecular formula is C15H22ClIN2O. The second-order valence-corrected chi connectivity index (χ2v) is 7.16. The molecule has 0 fully saturated rings. The molecule has 1 aliphatic rings. The van der Waals surface area contributed by atoms with Crippen molar-refractivity contribution in [2.75, 3.05) is 6.54 Å². The van der Waals surface area contributed by atoms with E-state index in [0.717, 1.165) is 34.4 Å². The molecule has 0 spiro atoms. The van der Waals surface area contributed by atoms with Gasteiger partial charge in [-0.3, -0.25) is 4.99 Å². The van der Waals surface area contributed by atoms with E-state index in [2.05, 4.69) is 65.8 Å². The number of nitrogens with zero attached hydrogens (tertiary/aromatic N) is 1. The maximum absolute atomic E-state index is 10.2. The van der Waals surface area contributed by atoms with Crippen LogP contribution in [0.15, 0.2) is 17.1 Å². The summed E-state index contributed by atoms with van der Waals surface area (Å²) in [6.07, 6.45) is 2.16. The lowest BCUT2D eigenvalue weighted by molar-refractivity contribution is 0.461. The molecule has 0 saturated heterocycles. The molecule has 1 aliphatic heterocycles. The first-order valence-electron chi connectivity index (χ1n) is 6.67. The molecule has 3 nitrogen and oxygen atoms in total. The van der Waals surface area contributed by atoms with Gasteiger partial charge in [-0.15, -0.1) is 12.4 Å². The van der Waals surface area contributed by atoms with Crippen LogP contribution < -0.4 is 5.32 Å². The lowest BCUT2D eigenvalue weighted by Crippen LogP contribution is -2.21.